The summed E-state index contributed by atoms with van der Waals surface area (Å²) in [5.41, 5.74) is -0.906. The Hall–Kier alpha value is -1.93. The second kappa shape index (κ2) is 6.23. The highest BCUT2D eigenvalue weighted by Gasteiger charge is 2.30. The fraction of sp³-hybridized carbons (Fsp3) is 0.385. The van der Waals surface area contributed by atoms with Crippen molar-refractivity contribution in [2.75, 3.05) is 12.4 Å². The molecular formula is C13H18N2O5S. The van der Waals surface area contributed by atoms with Crippen LogP contribution in [-0.4, -0.2) is 32.4 Å². The van der Waals surface area contributed by atoms with Crippen LogP contribution < -0.4 is 10.0 Å². The topological polar surface area (TPSA) is 113 Å². The van der Waals surface area contributed by atoms with E-state index in [-0.39, 0.29) is 17.0 Å². The number of sulfonamides is 1. The van der Waals surface area contributed by atoms with Crippen LogP contribution >= 0.6 is 0 Å². The predicted octanol–water partition coefficient (Wildman–Crippen LogP) is 1.03. The largest absolute Gasteiger partial charge is 0.481 e. The van der Waals surface area contributed by atoms with Gasteiger partial charge in [-0.3, -0.25) is 9.59 Å². The molecule has 0 saturated heterocycles. The lowest BCUT2D eigenvalue weighted by Gasteiger charge is -2.18. The number of carboxylic acids is 1. The fourth-order valence-corrected chi connectivity index (χ4v) is 2.32. The number of amides is 1. The predicted molar refractivity (Wildman–Crippen MR) is 77.4 cm³/mol. The molecule has 116 valence electrons. The molecule has 3 N–H and O–H groups in total. The van der Waals surface area contributed by atoms with Crippen LogP contribution in [0.3, 0.4) is 0 Å². The molecule has 1 aromatic rings. The Labute approximate surface area is 123 Å². The quantitative estimate of drug-likeness (QED) is 0.726. The van der Waals surface area contributed by atoms with Crippen LogP contribution in [-0.2, 0) is 19.6 Å². The number of carbonyl (C=O) groups is 2. The van der Waals surface area contributed by atoms with Gasteiger partial charge < -0.3 is 10.4 Å². The van der Waals surface area contributed by atoms with Crippen LogP contribution in [0.25, 0.3) is 0 Å². The Morgan fingerprint density at radius 1 is 1.29 bits per heavy atom. The second-order valence-electron chi connectivity index (χ2n) is 5.15. The number of hydrogen-bond acceptors (Lipinski definition) is 4. The third-order valence-corrected chi connectivity index (χ3v) is 4.29. The lowest BCUT2D eigenvalue weighted by molar-refractivity contribution is -0.148. The summed E-state index contributed by atoms with van der Waals surface area (Å²) in [6, 6.07) is 5.71. The standard InChI is InChI=1S/C13H18N2O5S/c1-13(2,12(17)18)8-11(16)15-9-5-4-6-10(7-9)21(19,20)14-3/h4-7,14H,8H2,1-3H3,(H,15,16)(H,17,18). The van der Waals surface area contributed by atoms with Gasteiger partial charge in [0.05, 0.1) is 10.3 Å². The van der Waals surface area contributed by atoms with Crippen molar-refractivity contribution in [2.45, 2.75) is 25.2 Å². The number of anilines is 1. The first-order chi connectivity index (χ1) is 9.58. The molecule has 0 atom stereocenters. The maximum absolute atomic E-state index is 11.8. The highest BCUT2D eigenvalue weighted by molar-refractivity contribution is 7.89. The van der Waals surface area contributed by atoms with Crippen LogP contribution in [0.5, 0.6) is 0 Å². The van der Waals surface area contributed by atoms with Gasteiger partial charge in [-0.1, -0.05) is 6.07 Å². The number of benzene rings is 1. The SMILES string of the molecule is CNS(=O)(=O)c1cccc(NC(=O)CC(C)(C)C(=O)O)c1. The molecule has 0 spiro atoms. The lowest BCUT2D eigenvalue weighted by Crippen LogP contribution is -2.29. The Kier molecular flexibility index (Phi) is 5.08. The molecule has 1 aromatic carbocycles. The van der Waals surface area contributed by atoms with E-state index in [9.17, 15) is 18.0 Å². The first-order valence-corrected chi connectivity index (χ1v) is 7.64. The minimum absolute atomic E-state index is 0.0142. The van der Waals surface area contributed by atoms with Gasteiger partial charge in [-0.2, -0.15) is 0 Å². The van der Waals surface area contributed by atoms with E-state index in [0.717, 1.165) is 0 Å². The molecule has 8 heteroatoms. The molecule has 0 heterocycles. The minimum Gasteiger partial charge on any atom is -0.481 e. The minimum atomic E-state index is -3.60. The Balaban J connectivity index is 2.88. The number of carbonyl (C=O) groups excluding carboxylic acids is 1. The molecule has 7 nitrogen and oxygen atoms in total. The zero-order valence-electron chi connectivity index (χ0n) is 12.0. The summed E-state index contributed by atoms with van der Waals surface area (Å²) in [7, 11) is -2.31. The molecule has 0 saturated carbocycles. The van der Waals surface area contributed by atoms with Gasteiger partial charge in [0.15, 0.2) is 0 Å². The number of carboxylic acid groups (broad SMARTS) is 1. The summed E-state index contributed by atoms with van der Waals surface area (Å²) in [6.45, 7) is 2.88. The monoisotopic (exact) mass is 314 g/mol. The first-order valence-electron chi connectivity index (χ1n) is 6.15. The van der Waals surface area contributed by atoms with Crippen LogP contribution in [0.2, 0.25) is 0 Å². The molecular weight excluding hydrogens is 296 g/mol. The summed E-state index contributed by atoms with van der Waals surface area (Å²) in [5, 5.41) is 11.5. The van der Waals surface area contributed by atoms with Crippen molar-refractivity contribution in [3.63, 3.8) is 0 Å². The van der Waals surface area contributed by atoms with E-state index in [4.69, 9.17) is 5.11 Å². The molecule has 1 amide bonds. The summed E-state index contributed by atoms with van der Waals surface area (Å²) in [5.74, 6) is -1.58. The maximum atomic E-state index is 11.8. The molecule has 0 aliphatic rings. The van der Waals surface area contributed by atoms with E-state index < -0.39 is 27.3 Å². The zero-order valence-corrected chi connectivity index (χ0v) is 12.8. The molecule has 0 fully saturated rings. The van der Waals surface area contributed by atoms with Crippen LogP contribution in [0.15, 0.2) is 29.2 Å². The van der Waals surface area contributed by atoms with Gasteiger partial charge in [0.25, 0.3) is 0 Å². The summed E-state index contributed by atoms with van der Waals surface area (Å²) < 4.78 is 25.5. The van der Waals surface area contributed by atoms with Crippen molar-refractivity contribution in [2.24, 2.45) is 5.41 Å². The van der Waals surface area contributed by atoms with Gasteiger partial charge in [0.2, 0.25) is 15.9 Å². The van der Waals surface area contributed by atoms with Crippen molar-refractivity contribution in [3.8, 4) is 0 Å². The Morgan fingerprint density at radius 3 is 2.43 bits per heavy atom. The average molecular weight is 314 g/mol. The van der Waals surface area contributed by atoms with E-state index in [1.165, 1.54) is 45.2 Å². The van der Waals surface area contributed by atoms with Gasteiger partial charge >= 0.3 is 5.97 Å². The molecule has 0 aromatic heterocycles. The summed E-state index contributed by atoms with van der Waals surface area (Å²) >= 11 is 0. The molecule has 0 aliphatic carbocycles. The maximum Gasteiger partial charge on any atom is 0.309 e. The van der Waals surface area contributed by atoms with Gasteiger partial charge in [0, 0.05) is 12.1 Å². The highest BCUT2D eigenvalue weighted by atomic mass is 32.2. The van der Waals surface area contributed by atoms with Crippen molar-refractivity contribution >= 4 is 27.6 Å². The van der Waals surface area contributed by atoms with Crippen LogP contribution in [0.1, 0.15) is 20.3 Å². The van der Waals surface area contributed by atoms with E-state index in [1.54, 1.807) is 0 Å². The van der Waals surface area contributed by atoms with Crippen molar-refractivity contribution in [1.29, 1.82) is 0 Å². The van der Waals surface area contributed by atoms with Crippen LogP contribution in [0.4, 0.5) is 5.69 Å². The first kappa shape index (κ1) is 17.1. The normalized spacial score (nSPS) is 12.0. The van der Waals surface area contributed by atoms with E-state index >= 15 is 0 Å². The molecule has 1 rings (SSSR count). The van der Waals surface area contributed by atoms with Crippen LogP contribution in [0, 0.1) is 5.41 Å². The average Bonchev–Trinajstić information content (AvgIpc) is 2.38. The van der Waals surface area contributed by atoms with E-state index in [1.807, 2.05) is 0 Å². The Morgan fingerprint density at radius 2 is 1.90 bits per heavy atom. The number of rotatable bonds is 6. The summed E-state index contributed by atoms with van der Waals surface area (Å²) in [6.07, 6.45) is -0.217. The lowest BCUT2D eigenvalue weighted by atomic mass is 9.89. The Bertz CT molecular complexity index is 652. The van der Waals surface area contributed by atoms with Crippen molar-refractivity contribution in [3.05, 3.63) is 24.3 Å². The molecule has 0 bridgehead atoms. The highest BCUT2D eigenvalue weighted by Crippen LogP contribution is 2.22. The molecule has 21 heavy (non-hydrogen) atoms. The van der Waals surface area contributed by atoms with Crippen molar-refractivity contribution < 1.29 is 23.1 Å². The third kappa shape index (κ3) is 4.54. The van der Waals surface area contributed by atoms with Gasteiger partial charge in [-0.15, -0.1) is 0 Å². The van der Waals surface area contributed by atoms with Crippen molar-refractivity contribution in [1.82, 2.24) is 4.72 Å². The summed E-state index contributed by atoms with van der Waals surface area (Å²) in [4.78, 5) is 22.8. The van der Waals surface area contributed by atoms with E-state index in [2.05, 4.69) is 10.0 Å². The fourth-order valence-electron chi connectivity index (χ4n) is 1.54. The zero-order chi connectivity index (χ0) is 16.3. The molecule has 0 aliphatic heterocycles. The molecule has 0 radical (unpaired) electrons. The number of nitrogens with one attached hydrogen (secondary N) is 2. The van der Waals surface area contributed by atoms with Gasteiger partial charge in [0.1, 0.15) is 0 Å². The molecule has 0 unspecified atom stereocenters. The van der Waals surface area contributed by atoms with Gasteiger partial charge in [-0.05, 0) is 39.1 Å². The number of aliphatic carboxylic acids is 1. The third-order valence-electron chi connectivity index (χ3n) is 2.88. The van der Waals surface area contributed by atoms with Gasteiger partial charge in [-0.25, -0.2) is 13.1 Å². The van der Waals surface area contributed by atoms with E-state index in [0.29, 0.717) is 0 Å². The second-order valence-corrected chi connectivity index (χ2v) is 7.04. The smallest absolute Gasteiger partial charge is 0.309 e. The number of hydrogen-bond donors (Lipinski definition) is 3.